The van der Waals surface area contributed by atoms with Crippen molar-refractivity contribution in [3.63, 3.8) is 0 Å². The zero-order valence-electron chi connectivity index (χ0n) is 19.0. The van der Waals surface area contributed by atoms with E-state index in [4.69, 9.17) is 15.2 Å². The Labute approximate surface area is 192 Å². The highest BCUT2D eigenvalue weighted by Crippen LogP contribution is 2.37. The van der Waals surface area contributed by atoms with Crippen molar-refractivity contribution in [3.05, 3.63) is 23.3 Å². The minimum atomic E-state index is -0.536. The number of benzene rings is 1. The molecule has 10 heteroatoms. The van der Waals surface area contributed by atoms with E-state index >= 15 is 0 Å². The van der Waals surface area contributed by atoms with Gasteiger partial charge in [0.25, 0.3) is 5.91 Å². The third-order valence-corrected chi connectivity index (χ3v) is 6.89. The molecule has 4 rings (SSSR count). The molecule has 1 aromatic carbocycles. The topological polar surface area (TPSA) is 122 Å². The molecule has 2 N–H and O–H groups in total. The number of likely N-dealkylation sites (tertiary alicyclic amines) is 1. The van der Waals surface area contributed by atoms with Crippen molar-refractivity contribution in [2.75, 3.05) is 33.9 Å². The van der Waals surface area contributed by atoms with Gasteiger partial charge in [0.1, 0.15) is 6.04 Å². The predicted molar refractivity (Wildman–Crippen MR) is 117 cm³/mol. The average Bonchev–Trinajstić information content (AvgIpc) is 3.05. The second kappa shape index (κ2) is 9.29. The highest BCUT2D eigenvalue weighted by atomic mass is 16.5. The molecule has 3 heterocycles. The van der Waals surface area contributed by atoms with Gasteiger partial charge < -0.3 is 25.0 Å². The molecular weight excluding hydrogens is 428 g/mol. The predicted octanol–water partition coefficient (Wildman–Crippen LogP) is 0.897. The molecular formula is C23H30N4O6. The summed E-state index contributed by atoms with van der Waals surface area (Å²) in [6, 6.07) is 2.86. The minimum Gasteiger partial charge on any atom is -0.493 e. The number of piperidine rings is 1. The molecule has 2 fully saturated rings. The summed E-state index contributed by atoms with van der Waals surface area (Å²) in [6.45, 7) is 1.55. The summed E-state index contributed by atoms with van der Waals surface area (Å²) < 4.78 is 10.7. The van der Waals surface area contributed by atoms with E-state index in [9.17, 15) is 19.2 Å². The first kappa shape index (κ1) is 22.9. The van der Waals surface area contributed by atoms with Crippen molar-refractivity contribution in [1.29, 1.82) is 0 Å². The van der Waals surface area contributed by atoms with E-state index in [2.05, 4.69) is 0 Å². The van der Waals surface area contributed by atoms with Crippen molar-refractivity contribution < 1.29 is 28.7 Å². The Bertz CT molecular complexity index is 921. The molecule has 5 amide bonds. The number of carbonyl (C=O) groups is 4. The van der Waals surface area contributed by atoms with Crippen LogP contribution < -0.4 is 15.2 Å². The molecule has 1 unspecified atom stereocenters. The summed E-state index contributed by atoms with van der Waals surface area (Å²) in [5.41, 5.74) is 7.24. The Morgan fingerprint density at radius 3 is 2.30 bits per heavy atom. The highest BCUT2D eigenvalue weighted by Gasteiger charge is 2.47. The van der Waals surface area contributed by atoms with Crippen molar-refractivity contribution in [2.45, 2.75) is 44.7 Å². The Hall–Kier alpha value is -3.30. The van der Waals surface area contributed by atoms with Gasteiger partial charge in [-0.2, -0.15) is 0 Å². The Kier molecular flexibility index (Phi) is 6.44. The van der Waals surface area contributed by atoms with Crippen molar-refractivity contribution >= 4 is 23.8 Å². The number of carbonyl (C=O) groups excluding carboxylic acids is 4. The van der Waals surface area contributed by atoms with Crippen LogP contribution in [-0.4, -0.2) is 78.3 Å². The number of hydrogen-bond acceptors (Lipinski definition) is 6. The van der Waals surface area contributed by atoms with Crippen LogP contribution in [0.5, 0.6) is 11.5 Å². The molecule has 178 valence electrons. The van der Waals surface area contributed by atoms with Gasteiger partial charge in [0.2, 0.25) is 11.8 Å². The maximum atomic E-state index is 13.0. The number of ether oxygens (including phenoxy) is 2. The van der Waals surface area contributed by atoms with Crippen LogP contribution >= 0.6 is 0 Å². The SMILES string of the molecule is COc1cc2c(cc1OC)CN1C(=O)N(CCCC(=O)N3CCC(C(N)=O)CC3)C(=O)C1C2. The van der Waals surface area contributed by atoms with Gasteiger partial charge in [0.15, 0.2) is 11.5 Å². The molecule has 10 nitrogen and oxygen atoms in total. The first-order chi connectivity index (χ1) is 15.8. The molecule has 0 radical (unpaired) electrons. The molecule has 0 aromatic heterocycles. The van der Waals surface area contributed by atoms with Crippen LogP contribution in [0, 0.1) is 5.92 Å². The Balaban J connectivity index is 1.34. The van der Waals surface area contributed by atoms with E-state index in [0.717, 1.165) is 11.1 Å². The van der Waals surface area contributed by atoms with Gasteiger partial charge in [-0.15, -0.1) is 0 Å². The van der Waals surface area contributed by atoms with Crippen LogP contribution in [-0.2, 0) is 27.3 Å². The van der Waals surface area contributed by atoms with Gasteiger partial charge >= 0.3 is 6.03 Å². The first-order valence-electron chi connectivity index (χ1n) is 11.3. The molecule has 3 aliphatic rings. The Morgan fingerprint density at radius 2 is 1.70 bits per heavy atom. The van der Waals surface area contributed by atoms with Crippen molar-refractivity contribution in [1.82, 2.24) is 14.7 Å². The molecule has 33 heavy (non-hydrogen) atoms. The minimum absolute atomic E-state index is 0.0265. The third kappa shape index (κ3) is 4.34. The monoisotopic (exact) mass is 458 g/mol. The molecule has 2 saturated heterocycles. The molecule has 1 aromatic rings. The van der Waals surface area contributed by atoms with Crippen LogP contribution in [0.3, 0.4) is 0 Å². The lowest BCUT2D eigenvalue weighted by Crippen LogP contribution is -2.42. The fourth-order valence-electron chi connectivity index (χ4n) is 4.93. The number of hydrogen-bond donors (Lipinski definition) is 1. The maximum absolute atomic E-state index is 13.0. The van der Waals surface area contributed by atoms with E-state index in [1.807, 2.05) is 12.1 Å². The zero-order chi connectivity index (χ0) is 23.7. The third-order valence-electron chi connectivity index (χ3n) is 6.89. The second-order valence-corrected chi connectivity index (χ2v) is 8.76. The van der Waals surface area contributed by atoms with Crippen LogP contribution in [0.15, 0.2) is 12.1 Å². The van der Waals surface area contributed by atoms with Gasteiger partial charge in [0.05, 0.1) is 14.2 Å². The number of urea groups is 1. The lowest BCUT2D eigenvalue weighted by molar-refractivity contribution is -0.135. The summed E-state index contributed by atoms with van der Waals surface area (Å²) in [5, 5.41) is 0. The second-order valence-electron chi connectivity index (χ2n) is 8.76. The largest absolute Gasteiger partial charge is 0.493 e. The van der Waals surface area contributed by atoms with E-state index in [1.165, 1.54) is 4.90 Å². The summed E-state index contributed by atoms with van der Waals surface area (Å²) in [7, 11) is 3.12. The highest BCUT2D eigenvalue weighted by molar-refractivity contribution is 6.04. The van der Waals surface area contributed by atoms with Crippen LogP contribution in [0.25, 0.3) is 0 Å². The molecule has 0 aliphatic carbocycles. The van der Waals surface area contributed by atoms with Gasteiger partial charge in [-0.1, -0.05) is 0 Å². The molecule has 0 saturated carbocycles. The number of rotatable bonds is 7. The first-order valence-corrected chi connectivity index (χ1v) is 11.3. The molecule has 0 bridgehead atoms. The number of imide groups is 1. The quantitative estimate of drug-likeness (QED) is 0.606. The number of nitrogens with zero attached hydrogens (tertiary/aromatic N) is 3. The Morgan fingerprint density at radius 1 is 1.06 bits per heavy atom. The molecule has 3 aliphatic heterocycles. The number of nitrogens with two attached hydrogens (primary N) is 1. The number of methoxy groups -OCH3 is 2. The summed E-state index contributed by atoms with van der Waals surface area (Å²) in [4.78, 5) is 54.3. The van der Waals surface area contributed by atoms with Crippen LogP contribution in [0.2, 0.25) is 0 Å². The maximum Gasteiger partial charge on any atom is 0.327 e. The van der Waals surface area contributed by atoms with Gasteiger partial charge in [-0.25, -0.2) is 4.79 Å². The van der Waals surface area contributed by atoms with E-state index in [0.29, 0.717) is 56.8 Å². The normalized spacial score (nSPS) is 20.5. The average molecular weight is 459 g/mol. The summed E-state index contributed by atoms with van der Waals surface area (Å²) in [6.07, 6.45) is 2.23. The fraction of sp³-hybridized carbons (Fsp3) is 0.565. The van der Waals surface area contributed by atoms with Gasteiger partial charge in [-0.05, 0) is 42.5 Å². The standard InChI is InChI=1S/C23H30N4O6/c1-32-18-11-15-10-17-22(30)26(23(31)27(17)13-16(15)12-19(18)33-2)7-3-4-20(28)25-8-5-14(6-9-25)21(24)29/h11-12,14,17H,3-10,13H2,1-2H3,(H2,24,29). The van der Waals surface area contributed by atoms with E-state index in [-0.39, 0.29) is 42.6 Å². The zero-order valence-corrected chi connectivity index (χ0v) is 19.0. The number of primary amides is 1. The number of fused-ring (bicyclic) bond motifs is 2. The van der Waals surface area contributed by atoms with E-state index in [1.54, 1.807) is 24.0 Å². The van der Waals surface area contributed by atoms with Crippen LogP contribution in [0.1, 0.15) is 36.8 Å². The van der Waals surface area contributed by atoms with Crippen LogP contribution in [0.4, 0.5) is 4.79 Å². The van der Waals surface area contributed by atoms with Crippen molar-refractivity contribution in [2.24, 2.45) is 11.7 Å². The number of amides is 5. The lowest BCUT2D eigenvalue weighted by atomic mass is 9.94. The van der Waals surface area contributed by atoms with Crippen molar-refractivity contribution in [3.8, 4) is 11.5 Å². The molecule has 0 spiro atoms. The summed E-state index contributed by atoms with van der Waals surface area (Å²) in [5.74, 6) is 0.440. The smallest absolute Gasteiger partial charge is 0.327 e. The molecule has 1 atom stereocenters. The summed E-state index contributed by atoms with van der Waals surface area (Å²) >= 11 is 0. The lowest BCUT2D eigenvalue weighted by Gasteiger charge is -2.30. The fourth-order valence-corrected chi connectivity index (χ4v) is 4.93. The van der Waals surface area contributed by atoms with E-state index < -0.39 is 6.04 Å². The van der Waals surface area contributed by atoms with Gasteiger partial charge in [-0.3, -0.25) is 19.3 Å². The van der Waals surface area contributed by atoms with Gasteiger partial charge in [0, 0.05) is 44.9 Å².